The van der Waals surface area contributed by atoms with E-state index in [9.17, 15) is 9.50 Å². The first-order valence-corrected chi connectivity index (χ1v) is 6.55. The van der Waals surface area contributed by atoms with Gasteiger partial charge in [0.05, 0.1) is 5.60 Å². The standard InChI is InChI=1S/C17H17FO/c1-11-6-12(2)16-10-17(19,9-13(16)7-11)14-4-3-5-15(18)8-14/h3-8,19H,9-10H2,1-2H3. The van der Waals surface area contributed by atoms with Crippen molar-refractivity contribution in [3.8, 4) is 0 Å². The van der Waals surface area contributed by atoms with Gasteiger partial charge in [-0.05, 0) is 48.2 Å². The Morgan fingerprint density at radius 1 is 1.11 bits per heavy atom. The number of rotatable bonds is 1. The molecule has 1 unspecified atom stereocenters. The Hall–Kier alpha value is -1.67. The van der Waals surface area contributed by atoms with Crippen LogP contribution < -0.4 is 0 Å². The van der Waals surface area contributed by atoms with Gasteiger partial charge in [0, 0.05) is 12.8 Å². The zero-order valence-corrected chi connectivity index (χ0v) is 11.2. The second kappa shape index (κ2) is 4.17. The third-order valence-corrected chi connectivity index (χ3v) is 4.02. The van der Waals surface area contributed by atoms with Gasteiger partial charge in [-0.3, -0.25) is 0 Å². The van der Waals surface area contributed by atoms with Crippen LogP contribution in [0.15, 0.2) is 36.4 Å². The van der Waals surface area contributed by atoms with Crippen LogP contribution >= 0.6 is 0 Å². The van der Waals surface area contributed by atoms with Gasteiger partial charge < -0.3 is 5.11 Å². The van der Waals surface area contributed by atoms with Crippen molar-refractivity contribution in [2.24, 2.45) is 0 Å². The van der Waals surface area contributed by atoms with Gasteiger partial charge in [-0.25, -0.2) is 4.39 Å². The Morgan fingerprint density at radius 2 is 1.89 bits per heavy atom. The molecule has 0 radical (unpaired) electrons. The lowest BCUT2D eigenvalue weighted by Crippen LogP contribution is -2.26. The Balaban J connectivity index is 2.05. The summed E-state index contributed by atoms with van der Waals surface area (Å²) in [7, 11) is 0. The van der Waals surface area contributed by atoms with Gasteiger partial charge in [-0.15, -0.1) is 0 Å². The molecule has 2 aromatic rings. The van der Waals surface area contributed by atoms with Crippen molar-refractivity contribution in [2.75, 3.05) is 0 Å². The van der Waals surface area contributed by atoms with Crippen LogP contribution in [0, 0.1) is 19.7 Å². The van der Waals surface area contributed by atoms with Gasteiger partial charge in [-0.2, -0.15) is 0 Å². The first-order chi connectivity index (χ1) is 8.98. The highest BCUT2D eigenvalue weighted by molar-refractivity contribution is 5.46. The van der Waals surface area contributed by atoms with Crippen molar-refractivity contribution in [3.63, 3.8) is 0 Å². The van der Waals surface area contributed by atoms with Gasteiger partial charge >= 0.3 is 0 Å². The fraction of sp³-hybridized carbons (Fsp3) is 0.294. The molecule has 1 N–H and O–H groups in total. The molecule has 0 fully saturated rings. The second-order valence-corrected chi connectivity index (χ2v) is 5.61. The van der Waals surface area contributed by atoms with E-state index in [-0.39, 0.29) is 5.82 Å². The highest BCUT2D eigenvalue weighted by atomic mass is 19.1. The number of fused-ring (bicyclic) bond motifs is 1. The smallest absolute Gasteiger partial charge is 0.123 e. The van der Waals surface area contributed by atoms with E-state index in [4.69, 9.17) is 0 Å². The average molecular weight is 256 g/mol. The van der Waals surface area contributed by atoms with Crippen LogP contribution in [0.2, 0.25) is 0 Å². The molecule has 0 aliphatic heterocycles. The normalized spacial score (nSPS) is 21.5. The fourth-order valence-corrected chi connectivity index (χ4v) is 3.15. The van der Waals surface area contributed by atoms with Crippen molar-refractivity contribution in [1.29, 1.82) is 0 Å². The third kappa shape index (κ3) is 2.06. The quantitative estimate of drug-likeness (QED) is 0.828. The predicted octanol–water partition coefficient (Wildman–Crippen LogP) is 3.43. The first-order valence-electron chi connectivity index (χ1n) is 6.55. The molecule has 98 valence electrons. The molecule has 2 aromatic carbocycles. The monoisotopic (exact) mass is 256 g/mol. The van der Waals surface area contributed by atoms with Crippen molar-refractivity contribution in [2.45, 2.75) is 32.3 Å². The van der Waals surface area contributed by atoms with Gasteiger partial charge in [-0.1, -0.05) is 29.8 Å². The summed E-state index contributed by atoms with van der Waals surface area (Å²) in [4.78, 5) is 0. The van der Waals surface area contributed by atoms with Crippen LogP contribution in [0.25, 0.3) is 0 Å². The van der Waals surface area contributed by atoms with Gasteiger partial charge in [0.1, 0.15) is 5.82 Å². The van der Waals surface area contributed by atoms with Crippen molar-refractivity contribution in [3.05, 3.63) is 70.0 Å². The van der Waals surface area contributed by atoms with Gasteiger partial charge in [0.15, 0.2) is 0 Å². The molecule has 19 heavy (non-hydrogen) atoms. The first kappa shape index (κ1) is 12.4. The van der Waals surface area contributed by atoms with Crippen LogP contribution in [0.3, 0.4) is 0 Å². The van der Waals surface area contributed by atoms with Crippen LogP contribution in [-0.4, -0.2) is 5.11 Å². The molecule has 1 nitrogen and oxygen atoms in total. The summed E-state index contributed by atoms with van der Waals surface area (Å²) in [5.41, 5.74) is 4.51. The highest BCUT2D eigenvalue weighted by Crippen LogP contribution is 2.39. The summed E-state index contributed by atoms with van der Waals surface area (Å²) >= 11 is 0. The molecule has 0 bridgehead atoms. The van der Waals surface area contributed by atoms with E-state index in [1.165, 1.54) is 34.4 Å². The van der Waals surface area contributed by atoms with Crippen LogP contribution in [0.5, 0.6) is 0 Å². The Morgan fingerprint density at radius 3 is 2.63 bits per heavy atom. The SMILES string of the molecule is Cc1cc(C)c2c(c1)CC(O)(c1cccc(F)c1)C2. The lowest BCUT2D eigenvalue weighted by Gasteiger charge is -2.22. The maximum absolute atomic E-state index is 13.4. The van der Waals surface area contributed by atoms with E-state index in [1.807, 2.05) is 0 Å². The Labute approximate surface area is 112 Å². The van der Waals surface area contributed by atoms with Gasteiger partial charge in [0.2, 0.25) is 0 Å². The molecule has 3 rings (SSSR count). The highest BCUT2D eigenvalue weighted by Gasteiger charge is 2.37. The zero-order chi connectivity index (χ0) is 13.6. The second-order valence-electron chi connectivity index (χ2n) is 5.61. The van der Waals surface area contributed by atoms with E-state index in [2.05, 4.69) is 26.0 Å². The van der Waals surface area contributed by atoms with E-state index in [1.54, 1.807) is 12.1 Å². The minimum Gasteiger partial charge on any atom is -0.384 e. The van der Waals surface area contributed by atoms with Crippen molar-refractivity contribution in [1.82, 2.24) is 0 Å². The molecule has 0 amide bonds. The number of benzene rings is 2. The summed E-state index contributed by atoms with van der Waals surface area (Å²) in [5, 5.41) is 10.9. The number of aryl methyl sites for hydroxylation is 2. The molecule has 1 aliphatic carbocycles. The summed E-state index contributed by atoms with van der Waals surface area (Å²) in [6, 6.07) is 10.6. The van der Waals surface area contributed by atoms with E-state index in [0.29, 0.717) is 18.4 Å². The summed E-state index contributed by atoms with van der Waals surface area (Å²) in [6.45, 7) is 4.13. The maximum atomic E-state index is 13.4. The molecule has 1 atom stereocenters. The molecule has 2 heteroatoms. The molecular formula is C17H17FO. The number of aliphatic hydroxyl groups is 1. The summed E-state index contributed by atoms with van der Waals surface area (Å²) in [6.07, 6.45) is 1.13. The topological polar surface area (TPSA) is 20.2 Å². The molecule has 0 heterocycles. The lowest BCUT2D eigenvalue weighted by molar-refractivity contribution is 0.0478. The Bertz CT molecular complexity index is 648. The number of hydrogen-bond donors (Lipinski definition) is 1. The fourth-order valence-electron chi connectivity index (χ4n) is 3.15. The predicted molar refractivity (Wildman–Crippen MR) is 73.6 cm³/mol. The van der Waals surface area contributed by atoms with E-state index >= 15 is 0 Å². The van der Waals surface area contributed by atoms with Crippen molar-refractivity contribution >= 4 is 0 Å². The molecule has 0 saturated heterocycles. The third-order valence-electron chi connectivity index (χ3n) is 4.02. The number of hydrogen-bond acceptors (Lipinski definition) is 1. The minimum absolute atomic E-state index is 0.296. The maximum Gasteiger partial charge on any atom is 0.123 e. The molecule has 1 aliphatic rings. The largest absolute Gasteiger partial charge is 0.384 e. The lowest BCUT2D eigenvalue weighted by atomic mass is 9.90. The number of halogens is 1. The van der Waals surface area contributed by atoms with Crippen LogP contribution in [-0.2, 0) is 18.4 Å². The molecule has 0 spiro atoms. The van der Waals surface area contributed by atoms with Crippen LogP contribution in [0.1, 0.15) is 27.8 Å². The zero-order valence-electron chi connectivity index (χ0n) is 11.2. The Kier molecular flexibility index (Phi) is 2.72. The van der Waals surface area contributed by atoms with Gasteiger partial charge in [0.25, 0.3) is 0 Å². The van der Waals surface area contributed by atoms with Crippen LogP contribution in [0.4, 0.5) is 4.39 Å². The van der Waals surface area contributed by atoms with E-state index < -0.39 is 5.60 Å². The average Bonchev–Trinajstić information content (AvgIpc) is 2.68. The molecular weight excluding hydrogens is 239 g/mol. The van der Waals surface area contributed by atoms with Crippen molar-refractivity contribution < 1.29 is 9.50 Å². The van der Waals surface area contributed by atoms with E-state index in [0.717, 1.165) is 0 Å². The summed E-state index contributed by atoms with van der Waals surface area (Å²) in [5.74, 6) is -0.296. The summed E-state index contributed by atoms with van der Waals surface area (Å²) < 4.78 is 13.4. The minimum atomic E-state index is -0.969. The molecule has 0 aromatic heterocycles. The molecule has 0 saturated carbocycles.